The zero-order chi connectivity index (χ0) is 15.6. The van der Waals surface area contributed by atoms with Crippen molar-refractivity contribution in [1.29, 1.82) is 0 Å². The molecule has 0 saturated heterocycles. The number of hydrogen-bond donors (Lipinski definition) is 2. The Morgan fingerprint density at radius 3 is 1.65 bits per heavy atom. The zero-order valence-corrected chi connectivity index (χ0v) is 11.1. The molecule has 0 radical (unpaired) electrons. The maximum Gasteiger partial charge on any atom is 0.200 e. The number of rotatable bonds is 5. The normalized spacial score (nSPS) is 14.7. The summed E-state index contributed by atoms with van der Waals surface area (Å²) in [5, 5.41) is 9.91. The van der Waals surface area contributed by atoms with Gasteiger partial charge < -0.3 is 10.8 Å². The molecule has 0 aliphatic heterocycles. The molecule has 0 spiro atoms. The Balaban J connectivity index is 3.31. The van der Waals surface area contributed by atoms with Crippen LogP contribution in [0.25, 0.3) is 0 Å². The third-order valence-corrected chi connectivity index (χ3v) is 3.06. The molecule has 7 heteroatoms. The second kappa shape index (κ2) is 6.49. The monoisotopic (exact) mass is 297 g/mol. The van der Waals surface area contributed by atoms with E-state index in [1.165, 1.54) is 0 Å². The quantitative estimate of drug-likeness (QED) is 0.498. The van der Waals surface area contributed by atoms with E-state index < -0.39 is 46.7 Å². The lowest BCUT2D eigenvalue weighted by Crippen LogP contribution is -2.26. The van der Waals surface area contributed by atoms with Gasteiger partial charge in [0.2, 0.25) is 5.82 Å². The minimum Gasteiger partial charge on any atom is -0.388 e. The van der Waals surface area contributed by atoms with Gasteiger partial charge >= 0.3 is 0 Å². The summed E-state index contributed by atoms with van der Waals surface area (Å²) in [6.45, 7) is 3.43. The number of benzene rings is 1. The molecular weight excluding hydrogens is 281 g/mol. The number of hydrogen-bond acceptors (Lipinski definition) is 2. The van der Waals surface area contributed by atoms with Gasteiger partial charge in [-0.2, -0.15) is 0 Å². The minimum absolute atomic E-state index is 0.0412. The van der Waals surface area contributed by atoms with Gasteiger partial charge in [-0.1, -0.05) is 13.8 Å². The average Bonchev–Trinajstić information content (AvgIpc) is 2.40. The largest absolute Gasteiger partial charge is 0.388 e. The van der Waals surface area contributed by atoms with Crippen LogP contribution in [0.4, 0.5) is 22.0 Å². The molecule has 0 aliphatic carbocycles. The van der Waals surface area contributed by atoms with Gasteiger partial charge in [0.05, 0.1) is 11.7 Å². The second-order valence-corrected chi connectivity index (χ2v) is 5.05. The van der Waals surface area contributed by atoms with Gasteiger partial charge in [-0.3, -0.25) is 0 Å². The van der Waals surface area contributed by atoms with Crippen molar-refractivity contribution in [2.45, 2.75) is 26.4 Å². The van der Waals surface area contributed by atoms with E-state index in [4.69, 9.17) is 5.73 Å². The molecule has 2 atom stereocenters. The van der Waals surface area contributed by atoms with E-state index in [1.54, 1.807) is 13.8 Å². The molecule has 0 aromatic heterocycles. The Hall–Kier alpha value is -1.21. The molecule has 114 valence electrons. The van der Waals surface area contributed by atoms with E-state index in [-0.39, 0.29) is 18.9 Å². The van der Waals surface area contributed by atoms with Crippen LogP contribution < -0.4 is 5.73 Å². The highest BCUT2D eigenvalue weighted by Crippen LogP contribution is 2.33. The third-order valence-electron chi connectivity index (χ3n) is 3.06. The molecule has 1 aromatic rings. The fourth-order valence-corrected chi connectivity index (χ4v) is 2.08. The fourth-order valence-electron chi connectivity index (χ4n) is 2.08. The summed E-state index contributed by atoms with van der Waals surface area (Å²) in [4.78, 5) is 0. The molecule has 0 amide bonds. The summed E-state index contributed by atoms with van der Waals surface area (Å²) in [5.41, 5.74) is 4.17. The van der Waals surface area contributed by atoms with Crippen molar-refractivity contribution in [3.8, 4) is 0 Å². The number of nitrogens with two attached hydrogens (primary N) is 1. The lowest BCUT2D eigenvalue weighted by molar-refractivity contribution is 0.0897. The first kappa shape index (κ1) is 16.8. The van der Waals surface area contributed by atoms with Crippen molar-refractivity contribution in [3.63, 3.8) is 0 Å². The van der Waals surface area contributed by atoms with E-state index in [1.807, 2.05) is 0 Å². The van der Waals surface area contributed by atoms with Crippen LogP contribution in [-0.2, 0) is 0 Å². The van der Waals surface area contributed by atoms with Crippen molar-refractivity contribution in [3.05, 3.63) is 34.6 Å². The van der Waals surface area contributed by atoms with Crippen LogP contribution >= 0.6 is 0 Å². The van der Waals surface area contributed by atoms with Gasteiger partial charge in [0.1, 0.15) is 0 Å². The van der Waals surface area contributed by atoms with Gasteiger partial charge in [0.15, 0.2) is 23.3 Å². The highest BCUT2D eigenvalue weighted by atomic mass is 19.2. The summed E-state index contributed by atoms with van der Waals surface area (Å²) in [6, 6.07) is 0. The van der Waals surface area contributed by atoms with E-state index in [0.717, 1.165) is 0 Å². The van der Waals surface area contributed by atoms with E-state index >= 15 is 0 Å². The molecular formula is C13H16F5NO. The maximum atomic E-state index is 13.6. The molecule has 1 rings (SSSR count). The van der Waals surface area contributed by atoms with Gasteiger partial charge in [-0.05, 0) is 18.9 Å². The topological polar surface area (TPSA) is 46.2 Å². The minimum atomic E-state index is -2.25. The van der Waals surface area contributed by atoms with Gasteiger partial charge in [0.25, 0.3) is 0 Å². The molecule has 20 heavy (non-hydrogen) atoms. The first-order valence-electron chi connectivity index (χ1n) is 6.11. The van der Waals surface area contributed by atoms with Crippen molar-refractivity contribution >= 4 is 0 Å². The average molecular weight is 297 g/mol. The Morgan fingerprint density at radius 2 is 1.30 bits per heavy atom. The highest BCUT2D eigenvalue weighted by molar-refractivity contribution is 5.26. The molecule has 0 heterocycles. The highest BCUT2D eigenvalue weighted by Gasteiger charge is 2.33. The Kier molecular flexibility index (Phi) is 5.47. The van der Waals surface area contributed by atoms with Crippen molar-refractivity contribution < 1.29 is 27.1 Å². The Labute approximate surface area is 113 Å². The predicted molar refractivity (Wildman–Crippen MR) is 63.2 cm³/mol. The third kappa shape index (κ3) is 3.09. The number of aliphatic hydroxyl groups is 1. The van der Waals surface area contributed by atoms with Gasteiger partial charge in [-0.25, -0.2) is 22.0 Å². The van der Waals surface area contributed by atoms with E-state index in [2.05, 4.69) is 0 Å². The number of halogens is 5. The lowest BCUT2D eigenvalue weighted by Gasteiger charge is -2.24. The van der Waals surface area contributed by atoms with Crippen molar-refractivity contribution in [2.24, 2.45) is 17.6 Å². The van der Waals surface area contributed by atoms with Crippen molar-refractivity contribution in [1.82, 2.24) is 0 Å². The first-order chi connectivity index (χ1) is 9.22. The Bertz CT molecular complexity index is 463. The van der Waals surface area contributed by atoms with Crippen LogP contribution in [0.15, 0.2) is 0 Å². The fraction of sp³-hybridized carbons (Fsp3) is 0.538. The molecule has 1 aromatic carbocycles. The van der Waals surface area contributed by atoms with E-state index in [0.29, 0.717) is 0 Å². The van der Waals surface area contributed by atoms with Crippen LogP contribution in [0, 0.1) is 40.9 Å². The van der Waals surface area contributed by atoms with Crippen LogP contribution in [0.1, 0.15) is 31.9 Å². The summed E-state index contributed by atoms with van der Waals surface area (Å²) >= 11 is 0. The first-order valence-corrected chi connectivity index (χ1v) is 6.11. The molecule has 0 fully saturated rings. The smallest absolute Gasteiger partial charge is 0.200 e. The molecule has 3 N–H and O–H groups in total. The number of aliphatic hydroxyl groups excluding tert-OH is 1. The predicted octanol–water partition coefficient (Wildman–Crippen LogP) is 3.04. The zero-order valence-electron chi connectivity index (χ0n) is 11.1. The van der Waals surface area contributed by atoms with Crippen LogP contribution in [0.3, 0.4) is 0 Å². The Morgan fingerprint density at radius 1 is 0.900 bits per heavy atom. The van der Waals surface area contributed by atoms with Crippen LogP contribution in [0.2, 0.25) is 0 Å². The van der Waals surface area contributed by atoms with Gasteiger partial charge in [0, 0.05) is 5.92 Å². The molecule has 2 unspecified atom stereocenters. The van der Waals surface area contributed by atoms with Gasteiger partial charge in [-0.15, -0.1) is 0 Å². The summed E-state index contributed by atoms with van der Waals surface area (Å²) in [5.74, 6) is -11.2. The second-order valence-electron chi connectivity index (χ2n) is 5.05. The summed E-state index contributed by atoms with van der Waals surface area (Å²) < 4.78 is 66.2. The molecule has 0 bridgehead atoms. The SMILES string of the molecule is CC(C)CC(CN)C(O)c1c(F)c(F)c(F)c(F)c1F. The molecule has 0 saturated carbocycles. The lowest BCUT2D eigenvalue weighted by atomic mass is 9.88. The maximum absolute atomic E-state index is 13.6. The van der Waals surface area contributed by atoms with E-state index in [9.17, 15) is 27.1 Å². The standard InChI is InChI=1S/C13H16F5NO/c1-5(2)3-6(4-19)13(20)7-8(14)10(16)12(18)11(17)9(7)15/h5-6,13,20H,3-4,19H2,1-2H3. The summed E-state index contributed by atoms with van der Waals surface area (Å²) in [6.07, 6.45) is -1.57. The molecule has 0 aliphatic rings. The van der Waals surface area contributed by atoms with Crippen LogP contribution in [-0.4, -0.2) is 11.7 Å². The van der Waals surface area contributed by atoms with Crippen LogP contribution in [0.5, 0.6) is 0 Å². The molecule has 2 nitrogen and oxygen atoms in total. The van der Waals surface area contributed by atoms with Crippen molar-refractivity contribution in [2.75, 3.05) is 6.54 Å². The summed E-state index contributed by atoms with van der Waals surface area (Å²) in [7, 11) is 0.